The second-order valence-electron chi connectivity index (χ2n) is 11.6. The highest BCUT2D eigenvalue weighted by atomic mass is 32.2. The molecular formula is C32H32F2N2OS. The molecule has 1 aromatic carbocycles. The highest BCUT2D eigenvalue weighted by Crippen LogP contribution is 2.56. The van der Waals surface area contributed by atoms with Crippen LogP contribution in [0.2, 0.25) is 0 Å². The monoisotopic (exact) mass is 530 g/mol. The number of likely N-dealkylation sites (tertiary alicyclic amines) is 1. The minimum atomic E-state index is -0.488. The summed E-state index contributed by atoms with van der Waals surface area (Å²) in [7, 11) is 0. The Bertz CT molecular complexity index is 1410. The minimum Gasteiger partial charge on any atom is -0.358 e. The molecule has 38 heavy (non-hydrogen) atoms. The van der Waals surface area contributed by atoms with Crippen molar-refractivity contribution >= 4 is 17.7 Å². The molecule has 0 bridgehead atoms. The third-order valence-electron chi connectivity index (χ3n) is 9.53. The van der Waals surface area contributed by atoms with Gasteiger partial charge in [-0.2, -0.15) is 0 Å². The van der Waals surface area contributed by atoms with E-state index >= 15 is 4.39 Å². The number of fused-ring (bicyclic) bond motifs is 3. The average Bonchev–Trinajstić information content (AvgIpc) is 3.57. The number of thioether (sulfide) groups is 1. The second-order valence-corrected chi connectivity index (χ2v) is 12.6. The highest BCUT2D eigenvalue weighted by Gasteiger charge is 2.48. The number of allylic oxidation sites excluding steroid dienone is 8. The van der Waals surface area contributed by atoms with Gasteiger partial charge >= 0.3 is 0 Å². The lowest BCUT2D eigenvalue weighted by molar-refractivity contribution is -0.117. The number of rotatable bonds is 3. The van der Waals surface area contributed by atoms with Crippen molar-refractivity contribution in [2.24, 2.45) is 5.92 Å². The Morgan fingerprint density at radius 2 is 1.92 bits per heavy atom. The number of piperidine rings is 1. The first-order valence-corrected chi connectivity index (χ1v) is 14.7. The topological polar surface area (TPSA) is 32.3 Å². The number of hydrogen-bond donors (Lipinski definition) is 1. The van der Waals surface area contributed by atoms with Gasteiger partial charge in [0, 0.05) is 41.0 Å². The van der Waals surface area contributed by atoms with Crippen LogP contribution in [0.1, 0.15) is 68.4 Å². The summed E-state index contributed by atoms with van der Waals surface area (Å²) in [6.07, 6.45) is 15.6. The first-order chi connectivity index (χ1) is 18.4. The third kappa shape index (κ3) is 3.86. The minimum absolute atomic E-state index is 0.00484. The molecule has 1 aromatic rings. The van der Waals surface area contributed by atoms with Crippen LogP contribution < -0.4 is 5.32 Å². The van der Waals surface area contributed by atoms with Crippen molar-refractivity contribution in [1.82, 2.24) is 10.2 Å². The number of carbonyl (C=O) groups excluding carboxylic acids is 1. The van der Waals surface area contributed by atoms with Gasteiger partial charge in [0.05, 0.1) is 0 Å². The van der Waals surface area contributed by atoms with E-state index in [0.29, 0.717) is 19.0 Å². The number of carbonyl (C=O) groups is 1. The molecule has 0 aromatic heterocycles. The largest absolute Gasteiger partial charge is 0.358 e. The third-order valence-corrected chi connectivity index (χ3v) is 10.6. The average molecular weight is 531 g/mol. The summed E-state index contributed by atoms with van der Waals surface area (Å²) in [5.74, 6) is 0.347. The van der Waals surface area contributed by atoms with E-state index in [1.807, 2.05) is 6.08 Å². The molecule has 2 unspecified atom stereocenters. The summed E-state index contributed by atoms with van der Waals surface area (Å²) in [5.41, 5.74) is 5.54. The van der Waals surface area contributed by atoms with Crippen LogP contribution in [0.5, 0.6) is 0 Å². The molecule has 1 fully saturated rings. The number of hydrogen-bond acceptors (Lipinski definition) is 3. The molecule has 3 aliphatic carbocycles. The Labute approximate surface area is 227 Å². The second kappa shape index (κ2) is 9.11. The summed E-state index contributed by atoms with van der Waals surface area (Å²) in [6, 6.07) is 2.65. The summed E-state index contributed by atoms with van der Waals surface area (Å²) < 4.78 is 30.0. The molecular weight excluding hydrogens is 498 g/mol. The van der Waals surface area contributed by atoms with E-state index in [1.165, 1.54) is 10.5 Å². The summed E-state index contributed by atoms with van der Waals surface area (Å²) in [5, 5.41) is 5.40. The molecule has 1 saturated heterocycles. The van der Waals surface area contributed by atoms with Crippen molar-refractivity contribution in [3.8, 4) is 0 Å². The van der Waals surface area contributed by atoms with Crippen LogP contribution in [0, 0.1) is 17.6 Å². The van der Waals surface area contributed by atoms with Crippen molar-refractivity contribution in [2.45, 2.75) is 62.7 Å². The van der Waals surface area contributed by atoms with Crippen LogP contribution in [-0.4, -0.2) is 23.9 Å². The van der Waals surface area contributed by atoms with E-state index in [9.17, 15) is 9.18 Å². The lowest BCUT2D eigenvalue weighted by Crippen LogP contribution is -2.45. The molecule has 0 radical (unpaired) electrons. The predicted octanol–water partition coefficient (Wildman–Crippen LogP) is 7.27. The van der Waals surface area contributed by atoms with E-state index in [2.05, 4.69) is 40.4 Å². The van der Waals surface area contributed by atoms with Gasteiger partial charge < -0.3 is 10.2 Å². The van der Waals surface area contributed by atoms with Gasteiger partial charge in [-0.1, -0.05) is 30.4 Å². The van der Waals surface area contributed by atoms with Crippen LogP contribution in [0.4, 0.5) is 8.78 Å². The molecule has 3 aliphatic heterocycles. The number of nitrogens with one attached hydrogen (secondary N) is 1. The van der Waals surface area contributed by atoms with Gasteiger partial charge in [-0.05, 0) is 97.1 Å². The maximum Gasteiger partial charge on any atom is 0.252 e. The molecule has 1 N–H and O–H groups in total. The quantitative estimate of drug-likeness (QED) is 0.446. The molecule has 7 rings (SSSR count). The van der Waals surface area contributed by atoms with Gasteiger partial charge in [0.2, 0.25) is 0 Å². The first kappa shape index (κ1) is 24.2. The molecule has 196 valence electrons. The van der Waals surface area contributed by atoms with Gasteiger partial charge in [-0.15, -0.1) is 11.8 Å². The Balaban J connectivity index is 1.13. The zero-order valence-corrected chi connectivity index (χ0v) is 22.3. The molecule has 3 nitrogen and oxygen atoms in total. The highest BCUT2D eigenvalue weighted by molar-refractivity contribution is 8.06. The van der Waals surface area contributed by atoms with Gasteiger partial charge in [0.25, 0.3) is 5.91 Å². The summed E-state index contributed by atoms with van der Waals surface area (Å²) >= 11 is 1.78. The Kier molecular flexibility index (Phi) is 5.80. The lowest BCUT2D eigenvalue weighted by atomic mass is 9.72. The fourth-order valence-corrected chi connectivity index (χ4v) is 8.75. The summed E-state index contributed by atoms with van der Waals surface area (Å²) in [4.78, 5) is 16.6. The van der Waals surface area contributed by atoms with Crippen molar-refractivity contribution < 1.29 is 13.6 Å². The number of benzene rings is 1. The lowest BCUT2D eigenvalue weighted by Gasteiger charge is -2.42. The maximum absolute atomic E-state index is 15.5. The Hall–Kier alpha value is -2.86. The van der Waals surface area contributed by atoms with Crippen LogP contribution in [0.25, 0.3) is 0 Å². The predicted molar refractivity (Wildman–Crippen MR) is 148 cm³/mol. The van der Waals surface area contributed by atoms with Gasteiger partial charge in [-0.25, -0.2) is 8.78 Å². The van der Waals surface area contributed by atoms with Crippen LogP contribution >= 0.6 is 11.8 Å². The van der Waals surface area contributed by atoms with Crippen LogP contribution in [-0.2, 0) is 10.2 Å². The smallest absolute Gasteiger partial charge is 0.252 e. The van der Waals surface area contributed by atoms with Crippen LogP contribution in [0.3, 0.4) is 0 Å². The fourth-order valence-electron chi connectivity index (χ4n) is 7.69. The van der Waals surface area contributed by atoms with E-state index in [1.54, 1.807) is 17.8 Å². The first-order valence-electron chi connectivity index (χ1n) is 13.8. The molecule has 3 heterocycles. The SMILES string of the molecule is C=C1C=C(N2CCC3(CC2)CC(CC2=CSC4=CC=CC24)c2cc(F)cc(F)c23)NC(=O)C2=C1CCCC2. The summed E-state index contributed by atoms with van der Waals surface area (Å²) in [6.45, 7) is 5.71. The molecule has 1 amide bonds. The molecule has 6 heteroatoms. The van der Waals surface area contributed by atoms with E-state index < -0.39 is 11.6 Å². The van der Waals surface area contributed by atoms with E-state index in [4.69, 9.17) is 0 Å². The number of halogens is 2. The van der Waals surface area contributed by atoms with Gasteiger partial charge in [-0.3, -0.25) is 4.79 Å². The van der Waals surface area contributed by atoms with Crippen molar-refractivity contribution in [3.63, 3.8) is 0 Å². The zero-order valence-electron chi connectivity index (χ0n) is 21.5. The molecule has 6 aliphatic rings. The molecule has 2 atom stereocenters. The standard InChI is InChI=1S/C32H32F2N2OS/c1-19-13-29(35-31(37)25-6-3-2-5-23(19)25)36-11-9-32(10-12-36)17-20(26-15-22(33)16-27(34)30(26)32)14-21-18-38-28-8-4-7-24(21)28/h4,7-8,13,15-16,18,20,24H,1-3,5-6,9-12,14,17H2,(H,35,37). The van der Waals surface area contributed by atoms with Crippen molar-refractivity contribution in [3.05, 3.63) is 104 Å². The molecule has 0 saturated carbocycles. The zero-order chi connectivity index (χ0) is 26.0. The van der Waals surface area contributed by atoms with E-state index in [-0.39, 0.29) is 17.2 Å². The normalized spacial score (nSPS) is 27.5. The Morgan fingerprint density at radius 3 is 2.74 bits per heavy atom. The van der Waals surface area contributed by atoms with Crippen molar-refractivity contribution in [1.29, 1.82) is 0 Å². The van der Waals surface area contributed by atoms with Crippen molar-refractivity contribution in [2.75, 3.05) is 13.1 Å². The van der Waals surface area contributed by atoms with Crippen LogP contribution in [0.15, 0.2) is 81.4 Å². The van der Waals surface area contributed by atoms with Gasteiger partial charge in [0.15, 0.2) is 0 Å². The van der Waals surface area contributed by atoms with E-state index in [0.717, 1.165) is 91.1 Å². The Morgan fingerprint density at radius 1 is 1.13 bits per heavy atom. The van der Waals surface area contributed by atoms with Gasteiger partial charge in [0.1, 0.15) is 17.5 Å². The fraction of sp³-hybridized carbons (Fsp3) is 0.406. The number of nitrogens with zero attached hydrogens (tertiary/aromatic N) is 1. The molecule has 1 spiro atoms. The number of amides is 1. The maximum atomic E-state index is 15.5.